The van der Waals surface area contributed by atoms with Crippen LogP contribution in [0, 0.1) is 13.8 Å². The number of hydrogen-bond donors (Lipinski definition) is 1. The summed E-state index contributed by atoms with van der Waals surface area (Å²) in [7, 11) is 1.65. The highest BCUT2D eigenvalue weighted by Crippen LogP contribution is 2.21. The second kappa shape index (κ2) is 3.89. The van der Waals surface area contributed by atoms with E-state index in [0.717, 1.165) is 28.5 Å². The third-order valence-electron chi connectivity index (χ3n) is 2.66. The van der Waals surface area contributed by atoms with E-state index in [0.29, 0.717) is 0 Å². The highest BCUT2D eigenvalue weighted by molar-refractivity contribution is 5.51. The minimum Gasteiger partial charge on any atom is -0.497 e. The van der Waals surface area contributed by atoms with Gasteiger partial charge in [-0.25, -0.2) is 4.68 Å². The number of aryl methyl sites for hydroxylation is 1. The molecule has 0 bridgehead atoms. The molecule has 0 unspecified atom stereocenters. The van der Waals surface area contributed by atoms with Crippen molar-refractivity contribution in [1.29, 1.82) is 0 Å². The summed E-state index contributed by atoms with van der Waals surface area (Å²) in [4.78, 5) is 0. The van der Waals surface area contributed by atoms with Crippen LogP contribution in [0.1, 0.15) is 11.4 Å². The number of nitrogens with two attached hydrogens (primary N) is 1. The van der Waals surface area contributed by atoms with Crippen molar-refractivity contribution in [2.24, 2.45) is 0 Å². The highest BCUT2D eigenvalue weighted by Gasteiger charge is 2.09. The summed E-state index contributed by atoms with van der Waals surface area (Å²) in [6.07, 6.45) is 0. The first-order valence-corrected chi connectivity index (χ1v) is 5.09. The van der Waals surface area contributed by atoms with Crippen molar-refractivity contribution < 1.29 is 4.74 Å². The van der Waals surface area contributed by atoms with Crippen LogP contribution in [0.2, 0.25) is 0 Å². The first-order chi connectivity index (χ1) is 7.63. The van der Waals surface area contributed by atoms with Crippen LogP contribution < -0.4 is 10.5 Å². The van der Waals surface area contributed by atoms with E-state index in [1.54, 1.807) is 7.11 Å². The molecule has 4 heteroatoms. The normalized spacial score (nSPS) is 10.4. The maximum Gasteiger partial charge on any atom is 0.119 e. The van der Waals surface area contributed by atoms with Gasteiger partial charge in [-0.3, -0.25) is 0 Å². The van der Waals surface area contributed by atoms with Crippen molar-refractivity contribution in [3.63, 3.8) is 0 Å². The molecular weight excluding hydrogens is 202 g/mol. The molecule has 0 amide bonds. The Balaban J connectivity index is 2.46. The average Bonchev–Trinajstić information content (AvgIpc) is 2.57. The second-order valence-corrected chi connectivity index (χ2v) is 3.69. The molecule has 16 heavy (non-hydrogen) atoms. The van der Waals surface area contributed by atoms with Gasteiger partial charge in [-0.1, -0.05) is 0 Å². The molecule has 0 fully saturated rings. The van der Waals surface area contributed by atoms with Crippen molar-refractivity contribution >= 4 is 5.69 Å². The number of anilines is 1. The Hall–Kier alpha value is -1.97. The molecule has 0 saturated heterocycles. The van der Waals surface area contributed by atoms with Gasteiger partial charge in [0.1, 0.15) is 5.75 Å². The first kappa shape index (κ1) is 10.5. The van der Waals surface area contributed by atoms with Crippen LogP contribution >= 0.6 is 0 Å². The van der Waals surface area contributed by atoms with E-state index < -0.39 is 0 Å². The van der Waals surface area contributed by atoms with E-state index in [2.05, 4.69) is 5.10 Å². The van der Waals surface area contributed by atoms with Crippen LogP contribution in [-0.2, 0) is 0 Å². The Bertz CT molecular complexity index is 500. The van der Waals surface area contributed by atoms with E-state index in [-0.39, 0.29) is 0 Å². The Morgan fingerprint density at radius 3 is 2.25 bits per heavy atom. The fraction of sp³-hybridized carbons (Fsp3) is 0.250. The summed E-state index contributed by atoms with van der Waals surface area (Å²) in [5, 5.41) is 4.39. The minimum absolute atomic E-state index is 0.746. The molecule has 4 nitrogen and oxygen atoms in total. The van der Waals surface area contributed by atoms with E-state index in [1.165, 1.54) is 0 Å². The van der Waals surface area contributed by atoms with Crippen LogP contribution in [0.4, 0.5) is 5.69 Å². The Morgan fingerprint density at radius 2 is 1.81 bits per heavy atom. The molecule has 84 valence electrons. The van der Waals surface area contributed by atoms with Crippen molar-refractivity contribution in [3.05, 3.63) is 35.7 Å². The molecule has 0 saturated carbocycles. The lowest BCUT2D eigenvalue weighted by Crippen LogP contribution is -1.99. The Labute approximate surface area is 94.6 Å². The molecular formula is C12H15N3O. The van der Waals surface area contributed by atoms with Gasteiger partial charge >= 0.3 is 0 Å². The Kier molecular flexibility index (Phi) is 2.56. The molecule has 1 heterocycles. The Morgan fingerprint density at radius 1 is 1.19 bits per heavy atom. The van der Waals surface area contributed by atoms with Gasteiger partial charge in [-0.15, -0.1) is 0 Å². The molecule has 0 spiro atoms. The maximum atomic E-state index is 5.89. The minimum atomic E-state index is 0.746. The number of benzene rings is 1. The topological polar surface area (TPSA) is 53.1 Å². The van der Waals surface area contributed by atoms with Gasteiger partial charge in [-0.05, 0) is 38.1 Å². The fourth-order valence-corrected chi connectivity index (χ4v) is 1.63. The predicted molar refractivity (Wildman–Crippen MR) is 64.0 cm³/mol. The molecule has 0 atom stereocenters. The molecule has 1 aromatic carbocycles. The fourth-order valence-electron chi connectivity index (χ4n) is 1.63. The smallest absolute Gasteiger partial charge is 0.119 e. The lowest BCUT2D eigenvalue weighted by Gasteiger charge is -2.05. The summed E-state index contributed by atoms with van der Waals surface area (Å²) < 4.78 is 6.95. The third-order valence-corrected chi connectivity index (χ3v) is 2.66. The number of aromatic nitrogens is 2. The zero-order chi connectivity index (χ0) is 11.7. The van der Waals surface area contributed by atoms with E-state index in [4.69, 9.17) is 10.5 Å². The predicted octanol–water partition coefficient (Wildman–Crippen LogP) is 2.08. The number of nitrogens with zero attached hydrogens (tertiary/aromatic N) is 2. The number of ether oxygens (including phenoxy) is 1. The zero-order valence-electron chi connectivity index (χ0n) is 9.69. The summed E-state index contributed by atoms with van der Waals surface area (Å²) >= 11 is 0. The number of hydrogen-bond acceptors (Lipinski definition) is 3. The van der Waals surface area contributed by atoms with Gasteiger partial charge in [0, 0.05) is 0 Å². The van der Waals surface area contributed by atoms with Crippen LogP contribution in [0.3, 0.4) is 0 Å². The second-order valence-electron chi connectivity index (χ2n) is 3.69. The zero-order valence-corrected chi connectivity index (χ0v) is 9.69. The van der Waals surface area contributed by atoms with Crippen LogP contribution in [-0.4, -0.2) is 16.9 Å². The van der Waals surface area contributed by atoms with Crippen molar-refractivity contribution in [2.45, 2.75) is 13.8 Å². The molecule has 0 aliphatic carbocycles. The molecule has 2 N–H and O–H groups in total. The van der Waals surface area contributed by atoms with E-state index in [9.17, 15) is 0 Å². The summed E-state index contributed by atoms with van der Waals surface area (Å²) in [5.41, 5.74) is 9.43. The number of rotatable bonds is 2. The van der Waals surface area contributed by atoms with Crippen molar-refractivity contribution in [1.82, 2.24) is 9.78 Å². The van der Waals surface area contributed by atoms with Crippen LogP contribution in [0.5, 0.6) is 5.75 Å². The van der Waals surface area contributed by atoms with Gasteiger partial charge in [0.15, 0.2) is 0 Å². The van der Waals surface area contributed by atoms with Gasteiger partial charge in [0.2, 0.25) is 0 Å². The average molecular weight is 217 g/mol. The lowest BCUT2D eigenvalue weighted by molar-refractivity contribution is 0.414. The van der Waals surface area contributed by atoms with Crippen LogP contribution in [0.25, 0.3) is 5.69 Å². The van der Waals surface area contributed by atoms with Crippen molar-refractivity contribution in [3.8, 4) is 11.4 Å². The van der Waals surface area contributed by atoms with E-state index >= 15 is 0 Å². The van der Waals surface area contributed by atoms with Crippen molar-refractivity contribution in [2.75, 3.05) is 12.8 Å². The number of nitrogen functional groups attached to an aromatic ring is 1. The summed E-state index contributed by atoms with van der Waals surface area (Å²) in [6, 6.07) is 7.72. The highest BCUT2D eigenvalue weighted by atomic mass is 16.5. The first-order valence-electron chi connectivity index (χ1n) is 5.09. The molecule has 0 aliphatic rings. The number of methoxy groups -OCH3 is 1. The van der Waals surface area contributed by atoms with E-state index in [1.807, 2.05) is 42.8 Å². The molecule has 0 radical (unpaired) electrons. The molecule has 2 rings (SSSR count). The maximum absolute atomic E-state index is 5.89. The molecule has 1 aromatic heterocycles. The lowest BCUT2D eigenvalue weighted by atomic mass is 10.3. The van der Waals surface area contributed by atoms with Gasteiger partial charge < -0.3 is 10.5 Å². The third kappa shape index (κ3) is 1.62. The van der Waals surface area contributed by atoms with Gasteiger partial charge in [0.25, 0.3) is 0 Å². The molecule has 0 aliphatic heterocycles. The monoisotopic (exact) mass is 217 g/mol. The van der Waals surface area contributed by atoms with Gasteiger partial charge in [-0.2, -0.15) is 5.10 Å². The summed E-state index contributed by atoms with van der Waals surface area (Å²) in [5.74, 6) is 0.832. The standard InChI is InChI=1S/C12H15N3O/c1-8-12(13)9(2)15(14-8)10-4-6-11(16-3)7-5-10/h4-7H,13H2,1-3H3. The van der Waals surface area contributed by atoms with Crippen LogP contribution in [0.15, 0.2) is 24.3 Å². The molecule has 2 aromatic rings. The van der Waals surface area contributed by atoms with Gasteiger partial charge in [0.05, 0.1) is 29.9 Å². The quantitative estimate of drug-likeness (QED) is 0.837. The summed E-state index contributed by atoms with van der Waals surface area (Å²) in [6.45, 7) is 3.86. The largest absolute Gasteiger partial charge is 0.497 e. The SMILES string of the molecule is COc1ccc(-n2nc(C)c(N)c2C)cc1.